The van der Waals surface area contributed by atoms with E-state index in [0.717, 1.165) is 22.9 Å². The first-order valence-corrected chi connectivity index (χ1v) is 6.37. The summed E-state index contributed by atoms with van der Waals surface area (Å²) in [6, 6.07) is 0. The maximum Gasteiger partial charge on any atom is 0.223 e. The van der Waals surface area contributed by atoms with Crippen LogP contribution in [0.4, 0.5) is 5.13 Å². The number of aryl methyl sites for hydroxylation is 1. The quantitative estimate of drug-likeness (QED) is 0.785. The van der Waals surface area contributed by atoms with E-state index < -0.39 is 0 Å². The predicted molar refractivity (Wildman–Crippen MR) is 60.9 cm³/mol. The van der Waals surface area contributed by atoms with E-state index in [9.17, 15) is 4.79 Å². The number of hydrogen-bond acceptors (Lipinski definition) is 5. The van der Waals surface area contributed by atoms with Gasteiger partial charge >= 0.3 is 0 Å². The normalized spacial score (nSPS) is 10.1. The number of nitrogens with one attached hydrogen (secondary N) is 1. The molecule has 0 saturated heterocycles. The smallest absolute Gasteiger partial charge is 0.223 e. The summed E-state index contributed by atoms with van der Waals surface area (Å²) in [5.41, 5.74) is 0. The van der Waals surface area contributed by atoms with Crippen molar-refractivity contribution in [3.63, 3.8) is 0 Å². The first-order chi connectivity index (χ1) is 6.72. The van der Waals surface area contributed by atoms with Crippen LogP contribution in [0.3, 0.4) is 0 Å². The summed E-state index contributed by atoms with van der Waals surface area (Å²) in [5, 5.41) is 12.0. The standard InChI is InChI=1S/C8H13N3OS2/c1-3-13-5-4-7-10-11-8(14-7)9-6(2)12/h3-5H2,1-2H3,(H,9,11,12). The second-order valence-corrected chi connectivity index (χ2v) is 5.08. The second-order valence-electron chi connectivity index (χ2n) is 2.63. The van der Waals surface area contributed by atoms with Crippen molar-refractivity contribution < 1.29 is 4.79 Å². The number of hydrogen-bond donors (Lipinski definition) is 1. The second kappa shape index (κ2) is 5.98. The number of amides is 1. The van der Waals surface area contributed by atoms with Crippen molar-refractivity contribution in [3.8, 4) is 0 Å². The molecule has 0 fully saturated rings. The molecule has 6 heteroatoms. The highest BCUT2D eigenvalue weighted by Gasteiger charge is 2.04. The molecule has 1 amide bonds. The van der Waals surface area contributed by atoms with Crippen molar-refractivity contribution in [2.75, 3.05) is 16.8 Å². The van der Waals surface area contributed by atoms with Crippen LogP contribution >= 0.6 is 23.1 Å². The minimum absolute atomic E-state index is 0.101. The third-order valence-corrected chi connectivity index (χ3v) is 3.21. The lowest BCUT2D eigenvalue weighted by Crippen LogP contribution is -2.04. The van der Waals surface area contributed by atoms with Gasteiger partial charge in [0.05, 0.1) is 0 Å². The largest absolute Gasteiger partial charge is 0.301 e. The lowest BCUT2D eigenvalue weighted by molar-refractivity contribution is -0.114. The number of aromatic nitrogens is 2. The summed E-state index contributed by atoms with van der Waals surface area (Å²) in [6.45, 7) is 3.60. The lowest BCUT2D eigenvalue weighted by Gasteiger charge is -1.93. The van der Waals surface area contributed by atoms with E-state index >= 15 is 0 Å². The molecular formula is C8H13N3OS2. The van der Waals surface area contributed by atoms with Gasteiger partial charge in [0.25, 0.3) is 0 Å². The zero-order valence-electron chi connectivity index (χ0n) is 8.24. The number of carbonyl (C=O) groups is 1. The highest BCUT2D eigenvalue weighted by Crippen LogP contribution is 2.16. The minimum Gasteiger partial charge on any atom is -0.301 e. The highest BCUT2D eigenvalue weighted by molar-refractivity contribution is 7.99. The molecule has 0 aromatic carbocycles. The molecule has 0 aliphatic carbocycles. The van der Waals surface area contributed by atoms with Gasteiger partial charge in [0, 0.05) is 13.3 Å². The molecule has 0 aliphatic rings. The van der Waals surface area contributed by atoms with E-state index in [0.29, 0.717) is 5.13 Å². The molecule has 1 aromatic heterocycles. The molecule has 1 N–H and O–H groups in total. The molecule has 0 radical (unpaired) electrons. The van der Waals surface area contributed by atoms with E-state index in [-0.39, 0.29) is 5.91 Å². The third-order valence-electron chi connectivity index (χ3n) is 1.41. The monoisotopic (exact) mass is 231 g/mol. The number of thioether (sulfide) groups is 1. The summed E-state index contributed by atoms with van der Waals surface area (Å²) in [4.78, 5) is 10.7. The third kappa shape index (κ3) is 4.06. The fraction of sp³-hybridized carbons (Fsp3) is 0.625. The van der Waals surface area contributed by atoms with Gasteiger partial charge in [0.1, 0.15) is 5.01 Å². The summed E-state index contributed by atoms with van der Waals surface area (Å²) < 4.78 is 0. The Bertz CT molecular complexity index is 301. The number of nitrogens with zero attached hydrogens (tertiary/aromatic N) is 2. The van der Waals surface area contributed by atoms with Crippen LogP contribution in [0.25, 0.3) is 0 Å². The maximum absolute atomic E-state index is 10.7. The van der Waals surface area contributed by atoms with Crippen molar-refractivity contribution >= 4 is 34.1 Å². The fourth-order valence-electron chi connectivity index (χ4n) is 0.860. The van der Waals surface area contributed by atoms with Crippen molar-refractivity contribution in [2.24, 2.45) is 0 Å². The van der Waals surface area contributed by atoms with Crippen LogP contribution < -0.4 is 5.32 Å². The van der Waals surface area contributed by atoms with Gasteiger partial charge in [-0.3, -0.25) is 4.79 Å². The maximum atomic E-state index is 10.7. The van der Waals surface area contributed by atoms with Crippen molar-refractivity contribution in [3.05, 3.63) is 5.01 Å². The van der Waals surface area contributed by atoms with Gasteiger partial charge < -0.3 is 5.32 Å². The van der Waals surface area contributed by atoms with Gasteiger partial charge in [0.2, 0.25) is 11.0 Å². The number of anilines is 1. The van der Waals surface area contributed by atoms with Gasteiger partial charge in [-0.05, 0) is 11.5 Å². The molecule has 1 heterocycles. The molecule has 0 bridgehead atoms. The van der Waals surface area contributed by atoms with Crippen LogP contribution in [0, 0.1) is 0 Å². The Hall–Kier alpha value is -0.620. The Labute approximate surface area is 91.5 Å². The van der Waals surface area contributed by atoms with Gasteiger partial charge in [0.15, 0.2) is 0 Å². The first kappa shape index (κ1) is 11.5. The zero-order chi connectivity index (χ0) is 10.4. The molecular weight excluding hydrogens is 218 g/mol. The molecule has 0 aliphatic heterocycles. The SMILES string of the molecule is CCSCCc1nnc(NC(C)=O)s1. The Morgan fingerprint density at radius 2 is 2.36 bits per heavy atom. The molecule has 0 unspecified atom stereocenters. The van der Waals surface area contributed by atoms with Gasteiger partial charge in [-0.1, -0.05) is 18.3 Å². The Kier molecular flexibility index (Phi) is 4.89. The van der Waals surface area contributed by atoms with Crippen LogP contribution in [-0.4, -0.2) is 27.6 Å². The van der Waals surface area contributed by atoms with Crippen LogP contribution in [0.15, 0.2) is 0 Å². The van der Waals surface area contributed by atoms with Crippen molar-refractivity contribution in [2.45, 2.75) is 20.3 Å². The van der Waals surface area contributed by atoms with Gasteiger partial charge in [-0.2, -0.15) is 11.8 Å². The van der Waals surface area contributed by atoms with E-state index in [2.05, 4.69) is 22.4 Å². The topological polar surface area (TPSA) is 54.9 Å². The molecule has 1 rings (SSSR count). The first-order valence-electron chi connectivity index (χ1n) is 4.40. The van der Waals surface area contributed by atoms with E-state index in [1.807, 2.05) is 11.8 Å². The molecule has 0 saturated carbocycles. The average molecular weight is 231 g/mol. The summed E-state index contributed by atoms with van der Waals surface area (Å²) in [7, 11) is 0. The number of rotatable bonds is 5. The molecule has 0 spiro atoms. The Morgan fingerprint density at radius 3 is 3.00 bits per heavy atom. The molecule has 0 atom stereocenters. The minimum atomic E-state index is -0.101. The van der Waals surface area contributed by atoms with E-state index in [1.54, 1.807) is 0 Å². The van der Waals surface area contributed by atoms with Gasteiger partial charge in [-0.25, -0.2) is 0 Å². The summed E-state index contributed by atoms with van der Waals surface area (Å²) in [6.07, 6.45) is 0.926. The summed E-state index contributed by atoms with van der Waals surface area (Å²) in [5.74, 6) is 2.08. The summed E-state index contributed by atoms with van der Waals surface area (Å²) >= 11 is 3.32. The van der Waals surface area contributed by atoms with Gasteiger partial charge in [-0.15, -0.1) is 10.2 Å². The molecule has 1 aromatic rings. The molecule has 4 nitrogen and oxygen atoms in total. The van der Waals surface area contributed by atoms with E-state index in [4.69, 9.17) is 0 Å². The highest BCUT2D eigenvalue weighted by atomic mass is 32.2. The Balaban J connectivity index is 2.38. The van der Waals surface area contributed by atoms with Crippen LogP contribution in [-0.2, 0) is 11.2 Å². The average Bonchev–Trinajstić information content (AvgIpc) is 2.52. The van der Waals surface area contributed by atoms with Crippen molar-refractivity contribution in [1.82, 2.24) is 10.2 Å². The number of carbonyl (C=O) groups excluding carboxylic acids is 1. The van der Waals surface area contributed by atoms with Crippen LogP contribution in [0.1, 0.15) is 18.9 Å². The van der Waals surface area contributed by atoms with Crippen LogP contribution in [0.5, 0.6) is 0 Å². The predicted octanol–water partition coefficient (Wildman–Crippen LogP) is 1.79. The van der Waals surface area contributed by atoms with Crippen molar-refractivity contribution in [1.29, 1.82) is 0 Å². The zero-order valence-corrected chi connectivity index (χ0v) is 9.87. The van der Waals surface area contributed by atoms with Crippen LogP contribution in [0.2, 0.25) is 0 Å². The molecule has 14 heavy (non-hydrogen) atoms. The Morgan fingerprint density at radius 1 is 1.57 bits per heavy atom. The fourth-order valence-corrected chi connectivity index (χ4v) is 2.40. The molecule has 78 valence electrons. The van der Waals surface area contributed by atoms with E-state index in [1.165, 1.54) is 18.3 Å². The lowest BCUT2D eigenvalue weighted by atomic mass is 10.5.